The standard InChI is InChI=1S/C26H27N5O2/c1-18-23(19(2)31(29-18)20-8-4-3-5-9-20)17-27-25-16-22(21-10-6-7-11-24(21)28-25)26(32)30-12-14-33-15-13-30/h3-11,16H,12-15,17H2,1-2H3,(H,27,28). The van der Waals surface area contributed by atoms with Crippen LogP contribution in [-0.2, 0) is 11.3 Å². The van der Waals surface area contributed by atoms with E-state index in [1.807, 2.05) is 77.2 Å². The van der Waals surface area contributed by atoms with Crippen molar-refractivity contribution in [2.45, 2.75) is 20.4 Å². The van der Waals surface area contributed by atoms with Gasteiger partial charge >= 0.3 is 0 Å². The van der Waals surface area contributed by atoms with Gasteiger partial charge in [-0.3, -0.25) is 4.79 Å². The molecule has 1 aliphatic heterocycles. The summed E-state index contributed by atoms with van der Waals surface area (Å²) >= 11 is 0. The molecule has 1 saturated heterocycles. The SMILES string of the molecule is Cc1nn(-c2ccccc2)c(C)c1CNc1cc(C(=O)N2CCOCC2)c2ccccc2n1. The largest absolute Gasteiger partial charge is 0.378 e. The van der Waals surface area contributed by atoms with Crippen molar-refractivity contribution in [1.29, 1.82) is 0 Å². The summed E-state index contributed by atoms with van der Waals surface area (Å²) in [5, 5.41) is 9.04. The van der Waals surface area contributed by atoms with Gasteiger partial charge in [-0.05, 0) is 38.1 Å². The molecule has 7 nitrogen and oxygen atoms in total. The summed E-state index contributed by atoms with van der Waals surface area (Å²) in [4.78, 5) is 19.9. The molecule has 168 valence electrons. The van der Waals surface area contributed by atoms with E-state index in [0.717, 1.165) is 33.5 Å². The van der Waals surface area contributed by atoms with Crippen LogP contribution in [-0.4, -0.2) is 51.9 Å². The number of carbonyl (C=O) groups is 1. The van der Waals surface area contributed by atoms with Gasteiger partial charge in [0.15, 0.2) is 0 Å². The zero-order chi connectivity index (χ0) is 22.8. The Morgan fingerprint density at radius 3 is 2.55 bits per heavy atom. The van der Waals surface area contributed by atoms with Gasteiger partial charge in [0.2, 0.25) is 0 Å². The second-order valence-corrected chi connectivity index (χ2v) is 8.23. The minimum Gasteiger partial charge on any atom is -0.378 e. The van der Waals surface area contributed by atoms with E-state index in [-0.39, 0.29) is 5.91 Å². The van der Waals surface area contributed by atoms with E-state index >= 15 is 0 Å². The number of fused-ring (bicyclic) bond motifs is 1. The molecule has 1 aliphatic rings. The summed E-state index contributed by atoms with van der Waals surface area (Å²) in [5.74, 6) is 0.695. The maximum atomic E-state index is 13.3. The van der Waals surface area contributed by atoms with Crippen LogP contribution in [0.1, 0.15) is 27.3 Å². The summed E-state index contributed by atoms with van der Waals surface area (Å²) in [6.45, 7) is 7.02. The molecule has 5 rings (SSSR count). The molecule has 2 aromatic carbocycles. The van der Waals surface area contributed by atoms with Gasteiger partial charge in [-0.15, -0.1) is 0 Å². The van der Waals surface area contributed by atoms with Crippen molar-refractivity contribution in [2.75, 3.05) is 31.6 Å². The van der Waals surface area contributed by atoms with Gasteiger partial charge in [0, 0.05) is 36.3 Å². The van der Waals surface area contributed by atoms with Gasteiger partial charge in [0.1, 0.15) is 5.82 Å². The number of ether oxygens (including phenoxy) is 1. The number of rotatable bonds is 5. The quantitative estimate of drug-likeness (QED) is 0.504. The van der Waals surface area contributed by atoms with Crippen molar-refractivity contribution in [3.05, 3.63) is 83.2 Å². The summed E-state index contributed by atoms with van der Waals surface area (Å²) in [5.41, 5.74) is 5.67. The predicted octanol–water partition coefficient (Wildman–Crippen LogP) is 4.12. The molecule has 0 spiro atoms. The number of amides is 1. The van der Waals surface area contributed by atoms with Gasteiger partial charge in [-0.25, -0.2) is 9.67 Å². The van der Waals surface area contributed by atoms with Crippen LogP contribution in [0.4, 0.5) is 5.82 Å². The van der Waals surface area contributed by atoms with Crippen LogP contribution in [0, 0.1) is 13.8 Å². The number of nitrogens with one attached hydrogen (secondary N) is 1. The molecule has 3 heterocycles. The summed E-state index contributed by atoms with van der Waals surface area (Å²) in [6.07, 6.45) is 0. The fraction of sp³-hybridized carbons (Fsp3) is 0.269. The molecule has 0 saturated carbocycles. The Balaban J connectivity index is 1.44. The summed E-state index contributed by atoms with van der Waals surface area (Å²) < 4.78 is 7.38. The van der Waals surface area contributed by atoms with Crippen LogP contribution in [0.5, 0.6) is 0 Å². The van der Waals surface area contributed by atoms with Gasteiger partial charge in [0.25, 0.3) is 5.91 Å². The molecule has 0 aliphatic carbocycles. The first kappa shape index (κ1) is 21.2. The maximum absolute atomic E-state index is 13.3. The van der Waals surface area contributed by atoms with E-state index in [2.05, 4.69) is 12.2 Å². The molecular formula is C26H27N5O2. The highest BCUT2D eigenvalue weighted by atomic mass is 16.5. The maximum Gasteiger partial charge on any atom is 0.254 e. The third-order valence-electron chi connectivity index (χ3n) is 6.13. The predicted molar refractivity (Wildman–Crippen MR) is 129 cm³/mol. The number of aromatic nitrogens is 3. The van der Waals surface area contributed by atoms with Crippen LogP contribution in [0.15, 0.2) is 60.7 Å². The molecule has 2 aromatic heterocycles. The zero-order valence-corrected chi connectivity index (χ0v) is 18.9. The highest BCUT2D eigenvalue weighted by Gasteiger charge is 2.22. The van der Waals surface area contributed by atoms with Crippen molar-refractivity contribution >= 4 is 22.6 Å². The highest BCUT2D eigenvalue weighted by molar-refractivity contribution is 6.07. The molecule has 0 atom stereocenters. The monoisotopic (exact) mass is 441 g/mol. The zero-order valence-electron chi connectivity index (χ0n) is 18.9. The minimum absolute atomic E-state index is 0.0178. The van der Waals surface area contributed by atoms with E-state index in [0.29, 0.717) is 44.2 Å². The lowest BCUT2D eigenvalue weighted by molar-refractivity contribution is 0.0304. The molecule has 0 unspecified atom stereocenters. The van der Waals surface area contributed by atoms with Gasteiger partial charge in [-0.1, -0.05) is 36.4 Å². The topological polar surface area (TPSA) is 72.3 Å². The van der Waals surface area contributed by atoms with E-state index in [1.54, 1.807) is 0 Å². The molecule has 1 fully saturated rings. The average Bonchev–Trinajstić information content (AvgIpc) is 3.15. The second kappa shape index (κ2) is 9.03. The smallest absolute Gasteiger partial charge is 0.254 e. The molecule has 1 N–H and O–H groups in total. The average molecular weight is 442 g/mol. The number of anilines is 1. The van der Waals surface area contributed by atoms with Crippen molar-refractivity contribution in [1.82, 2.24) is 19.7 Å². The first-order chi connectivity index (χ1) is 16.1. The fourth-order valence-corrected chi connectivity index (χ4v) is 4.31. The molecular weight excluding hydrogens is 414 g/mol. The van der Waals surface area contributed by atoms with Crippen LogP contribution in [0.3, 0.4) is 0 Å². The van der Waals surface area contributed by atoms with Crippen molar-refractivity contribution in [3.63, 3.8) is 0 Å². The van der Waals surface area contributed by atoms with Crippen molar-refractivity contribution < 1.29 is 9.53 Å². The van der Waals surface area contributed by atoms with Crippen LogP contribution in [0.2, 0.25) is 0 Å². The number of aryl methyl sites for hydroxylation is 1. The Hall–Kier alpha value is -3.71. The van der Waals surface area contributed by atoms with Crippen molar-refractivity contribution in [2.24, 2.45) is 0 Å². The summed E-state index contributed by atoms with van der Waals surface area (Å²) in [7, 11) is 0. The Bertz CT molecular complexity index is 1290. The Morgan fingerprint density at radius 2 is 1.76 bits per heavy atom. The van der Waals surface area contributed by atoms with E-state index < -0.39 is 0 Å². The number of nitrogens with zero attached hydrogens (tertiary/aromatic N) is 4. The number of carbonyl (C=O) groups excluding carboxylic acids is 1. The van der Waals surface area contributed by atoms with Crippen LogP contribution in [0.25, 0.3) is 16.6 Å². The number of para-hydroxylation sites is 2. The second-order valence-electron chi connectivity index (χ2n) is 8.23. The lowest BCUT2D eigenvalue weighted by Gasteiger charge is -2.27. The Labute approximate surface area is 193 Å². The Morgan fingerprint density at radius 1 is 1.03 bits per heavy atom. The Kier molecular flexibility index (Phi) is 5.79. The third-order valence-corrected chi connectivity index (χ3v) is 6.13. The number of morpholine rings is 1. The highest BCUT2D eigenvalue weighted by Crippen LogP contribution is 2.24. The molecule has 0 bridgehead atoms. The van der Waals surface area contributed by atoms with Gasteiger partial charge < -0.3 is 15.0 Å². The van der Waals surface area contributed by atoms with E-state index in [4.69, 9.17) is 14.8 Å². The van der Waals surface area contributed by atoms with E-state index in [1.165, 1.54) is 0 Å². The van der Waals surface area contributed by atoms with Gasteiger partial charge in [0.05, 0.1) is 35.7 Å². The van der Waals surface area contributed by atoms with Crippen LogP contribution >= 0.6 is 0 Å². The van der Waals surface area contributed by atoms with Gasteiger partial charge in [-0.2, -0.15) is 5.10 Å². The third kappa shape index (κ3) is 4.19. The fourth-order valence-electron chi connectivity index (χ4n) is 4.31. The normalized spacial score (nSPS) is 13.9. The van der Waals surface area contributed by atoms with Crippen LogP contribution < -0.4 is 5.32 Å². The molecule has 0 radical (unpaired) electrons. The molecule has 1 amide bonds. The lowest BCUT2D eigenvalue weighted by Crippen LogP contribution is -2.40. The first-order valence-electron chi connectivity index (χ1n) is 11.2. The molecule has 33 heavy (non-hydrogen) atoms. The molecule has 4 aromatic rings. The minimum atomic E-state index is 0.0178. The number of pyridine rings is 1. The number of hydrogen-bond acceptors (Lipinski definition) is 5. The lowest BCUT2D eigenvalue weighted by atomic mass is 10.1. The van der Waals surface area contributed by atoms with E-state index in [9.17, 15) is 4.79 Å². The first-order valence-corrected chi connectivity index (χ1v) is 11.2. The number of benzene rings is 2. The molecule has 7 heteroatoms. The number of hydrogen-bond donors (Lipinski definition) is 1. The summed E-state index contributed by atoms with van der Waals surface area (Å²) in [6, 6.07) is 19.8. The van der Waals surface area contributed by atoms with Crippen molar-refractivity contribution in [3.8, 4) is 5.69 Å².